The fourth-order valence-corrected chi connectivity index (χ4v) is 2.50. The van der Waals surface area contributed by atoms with E-state index in [0.717, 1.165) is 4.90 Å². The number of ether oxygens (including phenoxy) is 1. The Morgan fingerprint density at radius 1 is 1.32 bits per heavy atom. The highest BCUT2D eigenvalue weighted by Crippen LogP contribution is 2.39. The van der Waals surface area contributed by atoms with Crippen molar-refractivity contribution in [2.45, 2.75) is 13.1 Å². The zero-order chi connectivity index (χ0) is 14.4. The van der Waals surface area contributed by atoms with E-state index in [4.69, 9.17) is 10.5 Å². The van der Waals surface area contributed by atoms with Gasteiger partial charge in [-0.2, -0.15) is 13.2 Å². The number of likely N-dealkylation sites (tertiary alicyclic amines) is 1. The molecule has 0 aliphatic carbocycles. The van der Waals surface area contributed by atoms with Crippen molar-refractivity contribution in [1.29, 1.82) is 0 Å². The Morgan fingerprint density at radius 2 is 1.89 bits per heavy atom. The lowest BCUT2D eigenvalue weighted by atomic mass is 9.87. The van der Waals surface area contributed by atoms with Crippen molar-refractivity contribution in [3.63, 3.8) is 0 Å². The summed E-state index contributed by atoms with van der Waals surface area (Å²) in [4.78, 5) is 24.3. The van der Waals surface area contributed by atoms with Crippen LogP contribution in [0.25, 0.3) is 0 Å². The minimum absolute atomic E-state index is 0.195. The first-order valence-electron chi connectivity index (χ1n) is 5.88. The molecule has 0 radical (unpaired) electrons. The number of amides is 2. The predicted molar refractivity (Wildman–Crippen MR) is 57.7 cm³/mol. The molecule has 0 spiro atoms. The maximum atomic E-state index is 12.8. The average molecular weight is 280 g/mol. The number of halogens is 3. The van der Waals surface area contributed by atoms with Crippen LogP contribution in [0, 0.1) is 17.3 Å². The molecule has 5 nitrogen and oxygen atoms in total. The van der Waals surface area contributed by atoms with Gasteiger partial charge in [0.25, 0.3) is 0 Å². The molecular formula is C11H15F3N2O3. The van der Waals surface area contributed by atoms with Crippen molar-refractivity contribution < 1.29 is 27.5 Å². The van der Waals surface area contributed by atoms with Gasteiger partial charge in [0.1, 0.15) is 0 Å². The summed E-state index contributed by atoms with van der Waals surface area (Å²) in [6.45, 7) is 1.25. The van der Waals surface area contributed by atoms with Crippen molar-refractivity contribution in [2.75, 3.05) is 26.3 Å². The smallest absolute Gasteiger partial charge is 0.379 e. The number of carbonyl (C=O) groups excluding carboxylic acids is 2. The fourth-order valence-electron chi connectivity index (χ4n) is 2.50. The van der Waals surface area contributed by atoms with E-state index in [1.807, 2.05) is 0 Å². The van der Waals surface area contributed by atoms with E-state index in [9.17, 15) is 22.8 Å². The second-order valence-corrected chi connectivity index (χ2v) is 5.42. The molecule has 2 aliphatic heterocycles. The second-order valence-electron chi connectivity index (χ2n) is 5.42. The third-order valence-electron chi connectivity index (χ3n) is 3.75. The van der Waals surface area contributed by atoms with Crippen molar-refractivity contribution >= 4 is 11.8 Å². The highest BCUT2D eigenvalue weighted by Gasteiger charge is 2.55. The van der Waals surface area contributed by atoms with Crippen LogP contribution in [-0.2, 0) is 14.3 Å². The number of alkyl halides is 3. The van der Waals surface area contributed by atoms with Gasteiger partial charge >= 0.3 is 6.18 Å². The molecule has 0 aromatic carbocycles. The normalized spacial score (nSPS) is 30.0. The number of carbonyl (C=O) groups is 2. The van der Waals surface area contributed by atoms with Crippen molar-refractivity contribution in [1.82, 2.24) is 4.90 Å². The highest BCUT2D eigenvalue weighted by atomic mass is 19.4. The molecule has 2 amide bonds. The molecule has 0 saturated carbocycles. The van der Waals surface area contributed by atoms with Crippen LogP contribution in [0.4, 0.5) is 13.2 Å². The minimum atomic E-state index is -4.54. The van der Waals surface area contributed by atoms with Crippen molar-refractivity contribution in [3.8, 4) is 0 Å². The number of rotatable bonds is 2. The van der Waals surface area contributed by atoms with Crippen LogP contribution in [0.3, 0.4) is 0 Å². The Balaban J connectivity index is 2.14. The third kappa shape index (κ3) is 2.41. The van der Waals surface area contributed by atoms with Crippen molar-refractivity contribution in [3.05, 3.63) is 0 Å². The quantitative estimate of drug-likeness (QED) is 0.782. The Kier molecular flexibility index (Phi) is 3.24. The lowest BCUT2D eigenvalue weighted by Crippen LogP contribution is -2.53. The topological polar surface area (TPSA) is 72.6 Å². The van der Waals surface area contributed by atoms with Gasteiger partial charge in [0, 0.05) is 13.1 Å². The molecule has 0 aromatic rings. The van der Waals surface area contributed by atoms with E-state index < -0.39 is 41.8 Å². The Morgan fingerprint density at radius 3 is 2.21 bits per heavy atom. The molecule has 2 saturated heterocycles. The first kappa shape index (κ1) is 14.1. The molecule has 0 aromatic heterocycles. The molecule has 2 N–H and O–H groups in total. The maximum absolute atomic E-state index is 12.8. The SMILES string of the molecule is CC1(C(=O)N2C[C@@H](C(F)(F)F)[C@H](C(N)=O)C2)COC1. The zero-order valence-electron chi connectivity index (χ0n) is 10.4. The first-order chi connectivity index (χ1) is 8.65. The molecular weight excluding hydrogens is 265 g/mol. The summed E-state index contributed by atoms with van der Waals surface area (Å²) < 4.78 is 43.4. The van der Waals surface area contributed by atoms with E-state index in [2.05, 4.69) is 0 Å². The van der Waals surface area contributed by atoms with Gasteiger partial charge in [0.05, 0.1) is 30.5 Å². The second kappa shape index (κ2) is 4.36. The molecule has 2 fully saturated rings. The van der Waals surface area contributed by atoms with Crippen molar-refractivity contribution in [2.24, 2.45) is 23.0 Å². The van der Waals surface area contributed by atoms with E-state index in [-0.39, 0.29) is 19.8 Å². The monoisotopic (exact) mass is 280 g/mol. The Bertz CT molecular complexity index is 406. The van der Waals surface area contributed by atoms with E-state index in [1.165, 1.54) is 0 Å². The molecule has 2 heterocycles. The van der Waals surface area contributed by atoms with Gasteiger partial charge < -0.3 is 15.4 Å². The fraction of sp³-hybridized carbons (Fsp3) is 0.818. The molecule has 2 aliphatic rings. The summed E-state index contributed by atoms with van der Waals surface area (Å²) in [5.74, 6) is -4.67. The van der Waals surface area contributed by atoms with Gasteiger partial charge in [-0.3, -0.25) is 9.59 Å². The van der Waals surface area contributed by atoms with Crippen LogP contribution in [0.5, 0.6) is 0 Å². The predicted octanol–water partition coefficient (Wildman–Crippen LogP) is 0.145. The summed E-state index contributed by atoms with van der Waals surface area (Å²) in [5, 5.41) is 0. The largest absolute Gasteiger partial charge is 0.394 e. The van der Waals surface area contributed by atoms with Gasteiger partial charge in [-0.25, -0.2) is 0 Å². The lowest BCUT2D eigenvalue weighted by molar-refractivity contribution is -0.184. The Hall–Kier alpha value is -1.31. The van der Waals surface area contributed by atoms with E-state index in [0.29, 0.717) is 0 Å². The minimum Gasteiger partial charge on any atom is -0.379 e. The summed E-state index contributed by atoms with van der Waals surface area (Å²) in [6.07, 6.45) is -4.54. The molecule has 0 bridgehead atoms. The standard InChI is InChI=1S/C11H15F3N2O3/c1-10(4-19-5-10)9(18)16-2-6(8(15)17)7(3-16)11(12,13)14/h6-7H,2-5H2,1H3,(H2,15,17)/t6-,7-/m1/s1. The van der Waals surface area contributed by atoms with Crippen LogP contribution in [0.15, 0.2) is 0 Å². The van der Waals surface area contributed by atoms with Crippen LogP contribution < -0.4 is 5.73 Å². The van der Waals surface area contributed by atoms with E-state index >= 15 is 0 Å². The number of nitrogens with two attached hydrogens (primary N) is 1. The van der Waals surface area contributed by atoms with Crippen LogP contribution in [0.2, 0.25) is 0 Å². The van der Waals surface area contributed by atoms with Crippen LogP contribution >= 0.6 is 0 Å². The number of hydrogen-bond acceptors (Lipinski definition) is 3. The maximum Gasteiger partial charge on any atom is 0.394 e. The van der Waals surface area contributed by atoms with Crippen LogP contribution in [0.1, 0.15) is 6.92 Å². The molecule has 8 heteroatoms. The number of nitrogens with zero attached hydrogens (tertiary/aromatic N) is 1. The van der Waals surface area contributed by atoms with Gasteiger partial charge in [-0.15, -0.1) is 0 Å². The average Bonchev–Trinajstić information content (AvgIpc) is 2.69. The van der Waals surface area contributed by atoms with E-state index in [1.54, 1.807) is 6.92 Å². The number of hydrogen-bond donors (Lipinski definition) is 1. The highest BCUT2D eigenvalue weighted by molar-refractivity contribution is 5.85. The summed E-state index contributed by atoms with van der Waals surface area (Å²) >= 11 is 0. The molecule has 2 rings (SSSR count). The van der Waals surface area contributed by atoms with Gasteiger partial charge in [-0.05, 0) is 6.92 Å². The summed E-state index contributed by atoms with van der Waals surface area (Å²) in [7, 11) is 0. The lowest BCUT2D eigenvalue weighted by Gasteiger charge is -2.39. The van der Waals surface area contributed by atoms with Gasteiger partial charge in [0.15, 0.2) is 0 Å². The number of primary amides is 1. The molecule has 19 heavy (non-hydrogen) atoms. The summed E-state index contributed by atoms with van der Waals surface area (Å²) in [6, 6.07) is 0. The zero-order valence-corrected chi connectivity index (χ0v) is 10.4. The van der Waals surface area contributed by atoms with Crippen LogP contribution in [-0.4, -0.2) is 49.2 Å². The Labute approximate surface area is 107 Å². The molecule has 2 atom stereocenters. The molecule has 0 unspecified atom stereocenters. The summed E-state index contributed by atoms with van der Waals surface area (Å²) in [5.41, 5.74) is 4.23. The third-order valence-corrected chi connectivity index (χ3v) is 3.75. The van der Waals surface area contributed by atoms with Gasteiger partial charge in [0.2, 0.25) is 11.8 Å². The van der Waals surface area contributed by atoms with Gasteiger partial charge in [-0.1, -0.05) is 0 Å². The first-order valence-corrected chi connectivity index (χ1v) is 5.88. The molecule has 108 valence electrons.